The van der Waals surface area contributed by atoms with Crippen molar-refractivity contribution in [1.82, 2.24) is 10.1 Å². The van der Waals surface area contributed by atoms with Gasteiger partial charge in [0, 0.05) is 23.7 Å². The molecule has 3 rings (SSSR count). The maximum atomic E-state index is 13.8. The predicted molar refractivity (Wildman–Crippen MR) is 94.7 cm³/mol. The van der Waals surface area contributed by atoms with Crippen molar-refractivity contribution in [1.29, 1.82) is 0 Å². The fourth-order valence-electron chi connectivity index (χ4n) is 3.03. The Hall–Kier alpha value is -2.96. The van der Waals surface area contributed by atoms with Gasteiger partial charge in [0.1, 0.15) is 17.6 Å². The standard InChI is InChI=1S/C19H20FN3O3/c1-12(10-14-6-3-4-7-15(14)20)19(25)23-9-5-8-16(23)18(24)21-17-11-13(2)26-22-17/h3-4,6-7,10-11,16H,5,8-9H2,1-2H3,(H,21,22,24)/b12-10+/t16-/m0/s1. The number of anilines is 1. The SMILES string of the molecule is C/C(=C\c1ccccc1F)C(=O)N1CCC[C@H]1C(=O)Nc1cc(C)on1. The van der Waals surface area contributed by atoms with Crippen molar-refractivity contribution in [3.05, 3.63) is 53.0 Å². The molecule has 1 aliphatic heterocycles. The van der Waals surface area contributed by atoms with Gasteiger partial charge in [0.25, 0.3) is 0 Å². The molecule has 2 aromatic rings. The van der Waals surface area contributed by atoms with Gasteiger partial charge in [-0.25, -0.2) is 4.39 Å². The third-order valence-corrected chi connectivity index (χ3v) is 4.31. The molecule has 1 N–H and O–H groups in total. The molecule has 136 valence electrons. The molecule has 0 unspecified atom stereocenters. The van der Waals surface area contributed by atoms with Crippen molar-refractivity contribution in [2.24, 2.45) is 0 Å². The first-order valence-corrected chi connectivity index (χ1v) is 8.43. The van der Waals surface area contributed by atoms with Crippen LogP contribution in [0.25, 0.3) is 6.08 Å². The number of hydrogen-bond donors (Lipinski definition) is 1. The molecule has 1 atom stereocenters. The summed E-state index contributed by atoms with van der Waals surface area (Å²) in [6.45, 7) is 3.84. The number of carbonyl (C=O) groups is 2. The largest absolute Gasteiger partial charge is 0.360 e. The molecule has 1 aromatic carbocycles. The minimum atomic E-state index is -0.580. The van der Waals surface area contributed by atoms with E-state index in [-0.39, 0.29) is 11.8 Å². The number of amides is 2. The van der Waals surface area contributed by atoms with Gasteiger partial charge in [-0.1, -0.05) is 23.4 Å². The Morgan fingerprint density at radius 2 is 2.15 bits per heavy atom. The zero-order valence-corrected chi connectivity index (χ0v) is 14.7. The van der Waals surface area contributed by atoms with Crippen LogP contribution in [-0.4, -0.2) is 34.5 Å². The Morgan fingerprint density at radius 1 is 1.38 bits per heavy atom. The summed E-state index contributed by atoms with van der Waals surface area (Å²) < 4.78 is 18.7. The van der Waals surface area contributed by atoms with Gasteiger partial charge in [0.05, 0.1) is 0 Å². The summed E-state index contributed by atoms with van der Waals surface area (Å²) in [4.78, 5) is 26.8. The molecular formula is C19H20FN3O3. The van der Waals surface area contributed by atoms with Crippen LogP contribution in [0.5, 0.6) is 0 Å². The van der Waals surface area contributed by atoms with E-state index in [0.29, 0.717) is 35.7 Å². The highest BCUT2D eigenvalue weighted by Gasteiger charge is 2.34. The summed E-state index contributed by atoms with van der Waals surface area (Å²) in [6.07, 6.45) is 2.81. The van der Waals surface area contributed by atoms with Gasteiger partial charge >= 0.3 is 0 Å². The lowest BCUT2D eigenvalue weighted by molar-refractivity contribution is -0.133. The van der Waals surface area contributed by atoms with Crippen LogP contribution in [-0.2, 0) is 9.59 Å². The number of hydrogen-bond acceptors (Lipinski definition) is 4. The monoisotopic (exact) mass is 357 g/mol. The summed E-state index contributed by atoms with van der Waals surface area (Å²) in [6, 6.07) is 7.28. The molecule has 1 fully saturated rings. The lowest BCUT2D eigenvalue weighted by Crippen LogP contribution is -2.43. The van der Waals surface area contributed by atoms with Gasteiger partial charge in [-0.2, -0.15) is 0 Å². The molecule has 1 aromatic heterocycles. The molecule has 2 amide bonds. The number of benzene rings is 1. The molecule has 26 heavy (non-hydrogen) atoms. The first-order chi connectivity index (χ1) is 12.5. The first kappa shape index (κ1) is 17.8. The number of nitrogens with one attached hydrogen (secondary N) is 1. The third kappa shape index (κ3) is 3.82. The normalized spacial score (nSPS) is 17.4. The highest BCUT2D eigenvalue weighted by atomic mass is 19.1. The van der Waals surface area contributed by atoms with E-state index in [4.69, 9.17) is 4.52 Å². The molecular weight excluding hydrogens is 337 g/mol. The summed E-state index contributed by atoms with van der Waals surface area (Å²) in [5, 5.41) is 6.40. The van der Waals surface area contributed by atoms with Crippen LogP contribution in [0.4, 0.5) is 10.2 Å². The van der Waals surface area contributed by atoms with Crippen LogP contribution in [0.2, 0.25) is 0 Å². The highest BCUT2D eigenvalue weighted by Crippen LogP contribution is 2.22. The van der Waals surface area contributed by atoms with Crippen LogP contribution in [0.3, 0.4) is 0 Å². The first-order valence-electron chi connectivity index (χ1n) is 8.43. The highest BCUT2D eigenvalue weighted by molar-refractivity contribution is 6.02. The minimum Gasteiger partial charge on any atom is -0.360 e. The van der Waals surface area contributed by atoms with Gasteiger partial charge in [-0.3, -0.25) is 9.59 Å². The van der Waals surface area contributed by atoms with Crippen molar-refractivity contribution < 1.29 is 18.5 Å². The van der Waals surface area contributed by atoms with E-state index in [0.717, 1.165) is 6.42 Å². The van der Waals surface area contributed by atoms with E-state index in [1.807, 2.05) is 0 Å². The summed E-state index contributed by atoms with van der Waals surface area (Å²) in [5.74, 6) is -0.0596. The Morgan fingerprint density at radius 3 is 2.85 bits per heavy atom. The Balaban J connectivity index is 1.73. The Bertz CT molecular complexity index is 859. The maximum absolute atomic E-state index is 13.8. The van der Waals surface area contributed by atoms with Crippen LogP contribution in [0, 0.1) is 12.7 Å². The zero-order valence-electron chi connectivity index (χ0n) is 14.7. The van der Waals surface area contributed by atoms with Crippen LogP contribution >= 0.6 is 0 Å². The third-order valence-electron chi connectivity index (χ3n) is 4.31. The lowest BCUT2D eigenvalue weighted by Gasteiger charge is -2.24. The molecule has 2 heterocycles. The number of aryl methyl sites for hydroxylation is 1. The van der Waals surface area contributed by atoms with Gasteiger partial charge in [-0.15, -0.1) is 0 Å². The molecule has 0 radical (unpaired) electrons. The fourth-order valence-corrected chi connectivity index (χ4v) is 3.03. The Labute approximate surface area is 150 Å². The summed E-state index contributed by atoms with van der Waals surface area (Å²) >= 11 is 0. The minimum absolute atomic E-state index is 0.276. The second kappa shape index (κ2) is 7.51. The van der Waals surface area contributed by atoms with Crippen LogP contribution in [0.1, 0.15) is 31.1 Å². The van der Waals surface area contributed by atoms with Crippen LogP contribution < -0.4 is 5.32 Å². The second-order valence-electron chi connectivity index (χ2n) is 6.32. The average molecular weight is 357 g/mol. The van der Waals surface area contributed by atoms with Crippen molar-refractivity contribution >= 4 is 23.7 Å². The molecule has 0 spiro atoms. The van der Waals surface area contributed by atoms with E-state index in [9.17, 15) is 14.0 Å². The van der Waals surface area contributed by atoms with E-state index in [2.05, 4.69) is 10.5 Å². The van der Waals surface area contributed by atoms with Crippen molar-refractivity contribution in [3.8, 4) is 0 Å². The van der Waals surface area contributed by atoms with E-state index >= 15 is 0 Å². The summed E-state index contributed by atoms with van der Waals surface area (Å²) in [7, 11) is 0. The molecule has 7 heteroatoms. The smallest absolute Gasteiger partial charge is 0.250 e. The summed E-state index contributed by atoms with van der Waals surface area (Å²) in [5.41, 5.74) is 0.726. The van der Waals surface area contributed by atoms with Gasteiger partial charge < -0.3 is 14.7 Å². The molecule has 0 saturated carbocycles. The van der Waals surface area contributed by atoms with Gasteiger partial charge in [-0.05, 0) is 38.8 Å². The van der Waals surface area contributed by atoms with Gasteiger partial charge in [0.2, 0.25) is 11.8 Å². The average Bonchev–Trinajstić information content (AvgIpc) is 3.25. The Kier molecular flexibility index (Phi) is 5.16. The van der Waals surface area contributed by atoms with E-state index in [1.54, 1.807) is 38.1 Å². The number of aromatic nitrogens is 1. The van der Waals surface area contributed by atoms with Crippen LogP contribution in [0.15, 0.2) is 40.4 Å². The molecule has 1 saturated heterocycles. The van der Waals surface area contributed by atoms with Crippen molar-refractivity contribution in [2.45, 2.75) is 32.7 Å². The second-order valence-corrected chi connectivity index (χ2v) is 6.32. The maximum Gasteiger partial charge on any atom is 0.250 e. The lowest BCUT2D eigenvalue weighted by atomic mass is 10.1. The van der Waals surface area contributed by atoms with Gasteiger partial charge in [0.15, 0.2) is 5.82 Å². The number of carbonyl (C=O) groups excluding carboxylic acids is 2. The van der Waals surface area contributed by atoms with Crippen molar-refractivity contribution in [2.75, 3.05) is 11.9 Å². The number of nitrogens with zero attached hydrogens (tertiary/aromatic N) is 2. The molecule has 1 aliphatic rings. The molecule has 0 bridgehead atoms. The van der Waals surface area contributed by atoms with E-state index in [1.165, 1.54) is 17.0 Å². The topological polar surface area (TPSA) is 75.4 Å². The number of rotatable bonds is 4. The van der Waals surface area contributed by atoms with Crippen molar-refractivity contribution in [3.63, 3.8) is 0 Å². The number of halogens is 1. The zero-order chi connectivity index (χ0) is 18.7. The van der Waals surface area contributed by atoms with E-state index < -0.39 is 11.9 Å². The quantitative estimate of drug-likeness (QED) is 0.853. The predicted octanol–water partition coefficient (Wildman–Crippen LogP) is 3.16. The molecule has 6 nitrogen and oxygen atoms in total. The fraction of sp³-hybridized carbons (Fsp3) is 0.316. The molecule has 0 aliphatic carbocycles. The number of likely N-dealkylation sites (tertiary alicyclic amines) is 1.